The van der Waals surface area contributed by atoms with Gasteiger partial charge >= 0.3 is 6.18 Å². The molecule has 4 rings (SSSR count). The molecule has 3 aromatic rings. The van der Waals surface area contributed by atoms with Crippen LogP contribution in [0.25, 0.3) is 22.2 Å². The van der Waals surface area contributed by atoms with E-state index in [1.165, 1.54) is 0 Å². The number of carbonyl (C=O) groups excluding carboxylic acids is 1. The molecule has 0 radical (unpaired) electrons. The molecule has 0 aliphatic heterocycles. The third-order valence-corrected chi connectivity index (χ3v) is 5.67. The summed E-state index contributed by atoms with van der Waals surface area (Å²) in [6, 6.07) is 3.45. The van der Waals surface area contributed by atoms with Crippen molar-refractivity contribution in [3.63, 3.8) is 0 Å². The molecule has 31 heavy (non-hydrogen) atoms. The number of fused-ring (bicyclic) bond motifs is 1. The van der Waals surface area contributed by atoms with E-state index in [0.717, 1.165) is 29.4 Å². The number of amides is 1. The third-order valence-electron chi connectivity index (χ3n) is 5.46. The van der Waals surface area contributed by atoms with Gasteiger partial charge in [0.2, 0.25) is 5.91 Å². The largest absolute Gasteiger partial charge is 0.405 e. The van der Waals surface area contributed by atoms with Gasteiger partial charge in [-0.2, -0.15) is 13.2 Å². The zero-order valence-electron chi connectivity index (χ0n) is 16.5. The molecule has 0 aromatic carbocycles. The van der Waals surface area contributed by atoms with Gasteiger partial charge in [0.15, 0.2) is 0 Å². The van der Waals surface area contributed by atoms with Crippen molar-refractivity contribution in [3.8, 4) is 11.1 Å². The first-order chi connectivity index (χ1) is 14.8. The van der Waals surface area contributed by atoms with Gasteiger partial charge in [-0.05, 0) is 25.0 Å². The molecule has 3 aromatic heterocycles. The molecule has 2 unspecified atom stereocenters. The Morgan fingerprint density at radius 2 is 2.00 bits per heavy atom. The van der Waals surface area contributed by atoms with Crippen LogP contribution in [-0.4, -0.2) is 39.6 Å². The molecule has 1 saturated carbocycles. The average Bonchev–Trinajstić information content (AvgIpc) is 3.15. The lowest BCUT2D eigenvalue weighted by Gasteiger charge is -2.32. The summed E-state index contributed by atoms with van der Waals surface area (Å²) >= 11 is 6.08. The van der Waals surface area contributed by atoms with Crippen LogP contribution in [0.3, 0.4) is 0 Å². The minimum absolute atomic E-state index is 0.266. The van der Waals surface area contributed by atoms with E-state index in [2.05, 4.69) is 20.3 Å². The summed E-state index contributed by atoms with van der Waals surface area (Å²) in [4.78, 5) is 24.0. The molecule has 1 aliphatic carbocycles. The lowest BCUT2D eigenvalue weighted by molar-refractivity contribution is -0.141. The number of rotatable bonds is 5. The summed E-state index contributed by atoms with van der Waals surface area (Å²) in [6.45, 7) is -1.32. The number of nitrogens with one attached hydrogen (secondary N) is 3. The van der Waals surface area contributed by atoms with Crippen molar-refractivity contribution in [1.82, 2.24) is 20.3 Å². The van der Waals surface area contributed by atoms with E-state index in [0.29, 0.717) is 29.2 Å². The normalized spacial score (nSPS) is 19.4. The van der Waals surface area contributed by atoms with E-state index < -0.39 is 24.5 Å². The lowest BCUT2D eigenvalue weighted by atomic mass is 9.83. The van der Waals surface area contributed by atoms with Crippen LogP contribution >= 0.6 is 11.6 Å². The van der Waals surface area contributed by atoms with Gasteiger partial charge in [0.05, 0.1) is 16.6 Å². The van der Waals surface area contributed by atoms with Crippen LogP contribution in [0.2, 0.25) is 5.02 Å². The standard InChI is InChI=1S/C21H21ClF3N5O/c22-13-6-16-17(10-28-19(16)27-8-13)12-5-14(9-26-7-12)30-18-4-2-1-3-15(18)20(31)29-11-21(23,24)25/h5-10,15,18,30H,1-4,11H2,(H,27,28)(H,29,31). The second-order valence-corrected chi connectivity index (χ2v) is 8.13. The van der Waals surface area contributed by atoms with E-state index in [9.17, 15) is 18.0 Å². The summed E-state index contributed by atoms with van der Waals surface area (Å²) in [7, 11) is 0. The lowest BCUT2D eigenvalue weighted by Crippen LogP contribution is -2.45. The first-order valence-electron chi connectivity index (χ1n) is 9.99. The SMILES string of the molecule is O=C(NCC(F)(F)F)C1CCCCC1Nc1cncc(-c2c[nH]c3ncc(Cl)cc23)c1. The zero-order chi connectivity index (χ0) is 22.0. The van der Waals surface area contributed by atoms with Crippen LogP contribution in [-0.2, 0) is 4.79 Å². The molecule has 2 atom stereocenters. The van der Waals surface area contributed by atoms with E-state index in [-0.39, 0.29) is 6.04 Å². The van der Waals surface area contributed by atoms with Gasteiger partial charge in [-0.1, -0.05) is 24.4 Å². The Hall–Kier alpha value is -2.81. The molecule has 1 aliphatic rings. The van der Waals surface area contributed by atoms with Gasteiger partial charge in [-0.15, -0.1) is 0 Å². The number of hydrogen-bond donors (Lipinski definition) is 3. The summed E-state index contributed by atoms with van der Waals surface area (Å²) in [5, 5.41) is 6.71. The van der Waals surface area contributed by atoms with Crippen molar-refractivity contribution in [1.29, 1.82) is 0 Å². The fraction of sp³-hybridized carbons (Fsp3) is 0.381. The smallest absolute Gasteiger partial charge is 0.380 e. The number of anilines is 1. The van der Waals surface area contributed by atoms with Crippen molar-refractivity contribution >= 4 is 34.2 Å². The highest BCUT2D eigenvalue weighted by Gasteiger charge is 2.34. The Balaban J connectivity index is 1.53. The van der Waals surface area contributed by atoms with Crippen molar-refractivity contribution < 1.29 is 18.0 Å². The summed E-state index contributed by atoms with van der Waals surface area (Å²) in [6.07, 6.45) is 5.26. The Labute approximate surface area is 181 Å². The van der Waals surface area contributed by atoms with Gasteiger partial charge in [-0.25, -0.2) is 4.98 Å². The van der Waals surface area contributed by atoms with Gasteiger partial charge in [0.1, 0.15) is 12.2 Å². The first-order valence-corrected chi connectivity index (χ1v) is 10.4. The fourth-order valence-electron chi connectivity index (χ4n) is 4.03. The van der Waals surface area contributed by atoms with Crippen LogP contribution < -0.4 is 10.6 Å². The molecule has 1 fully saturated rings. The predicted molar refractivity (Wildman–Crippen MR) is 113 cm³/mol. The molecule has 164 valence electrons. The molecule has 6 nitrogen and oxygen atoms in total. The van der Waals surface area contributed by atoms with E-state index in [1.54, 1.807) is 18.6 Å². The highest BCUT2D eigenvalue weighted by atomic mass is 35.5. The number of aromatic amines is 1. The number of alkyl halides is 3. The van der Waals surface area contributed by atoms with Gasteiger partial charge in [-0.3, -0.25) is 9.78 Å². The molecule has 10 heteroatoms. The van der Waals surface area contributed by atoms with Crippen molar-refractivity contribution in [2.75, 3.05) is 11.9 Å². The molecule has 0 bridgehead atoms. The quantitative estimate of drug-likeness (QED) is 0.513. The van der Waals surface area contributed by atoms with Crippen molar-refractivity contribution in [2.24, 2.45) is 5.92 Å². The minimum atomic E-state index is -4.43. The predicted octanol–water partition coefficient (Wildman–Crippen LogP) is 4.93. The van der Waals surface area contributed by atoms with E-state index in [4.69, 9.17) is 11.6 Å². The van der Waals surface area contributed by atoms with Gasteiger partial charge < -0.3 is 15.6 Å². The number of nitrogens with zero attached hydrogens (tertiary/aromatic N) is 2. The second kappa shape index (κ2) is 8.74. The Morgan fingerprint density at radius 3 is 2.81 bits per heavy atom. The van der Waals surface area contributed by atoms with Crippen molar-refractivity contribution in [3.05, 3.63) is 41.9 Å². The summed E-state index contributed by atoms with van der Waals surface area (Å²) in [5.74, 6) is -1.10. The Kier molecular flexibility index (Phi) is 6.04. The highest BCUT2D eigenvalue weighted by Crippen LogP contribution is 2.32. The molecule has 3 heterocycles. The Bertz CT molecular complexity index is 1080. The summed E-state index contributed by atoms with van der Waals surface area (Å²) < 4.78 is 37.5. The zero-order valence-corrected chi connectivity index (χ0v) is 17.2. The number of aromatic nitrogens is 3. The number of halogens is 4. The van der Waals surface area contributed by atoms with Crippen LogP contribution in [0.15, 0.2) is 36.9 Å². The topological polar surface area (TPSA) is 82.7 Å². The Morgan fingerprint density at radius 1 is 1.19 bits per heavy atom. The maximum Gasteiger partial charge on any atom is 0.405 e. The van der Waals surface area contributed by atoms with Crippen LogP contribution in [0.5, 0.6) is 0 Å². The molecule has 0 saturated heterocycles. The second-order valence-electron chi connectivity index (χ2n) is 7.69. The summed E-state index contributed by atoms with van der Waals surface area (Å²) in [5.41, 5.74) is 3.10. The van der Waals surface area contributed by atoms with E-state index >= 15 is 0 Å². The maximum absolute atomic E-state index is 12.5. The average molecular weight is 452 g/mol. The van der Waals surface area contributed by atoms with Crippen LogP contribution in [0.1, 0.15) is 25.7 Å². The number of hydrogen-bond acceptors (Lipinski definition) is 4. The number of pyridine rings is 2. The highest BCUT2D eigenvalue weighted by molar-refractivity contribution is 6.31. The number of H-pyrrole nitrogens is 1. The molecular formula is C21H21ClF3N5O. The first kappa shape index (κ1) is 21.4. The van der Waals surface area contributed by atoms with Gasteiger partial charge in [0.25, 0.3) is 0 Å². The molecular weight excluding hydrogens is 431 g/mol. The van der Waals surface area contributed by atoms with E-state index in [1.807, 2.05) is 23.6 Å². The fourth-order valence-corrected chi connectivity index (χ4v) is 4.19. The van der Waals surface area contributed by atoms with Gasteiger partial charge in [0, 0.05) is 47.3 Å². The van der Waals surface area contributed by atoms with Crippen LogP contribution in [0.4, 0.5) is 18.9 Å². The third kappa shape index (κ3) is 5.10. The maximum atomic E-state index is 12.5. The van der Waals surface area contributed by atoms with Crippen LogP contribution in [0, 0.1) is 5.92 Å². The monoisotopic (exact) mass is 451 g/mol. The molecule has 0 spiro atoms. The molecule has 1 amide bonds. The minimum Gasteiger partial charge on any atom is -0.380 e. The van der Waals surface area contributed by atoms with Crippen molar-refractivity contribution in [2.45, 2.75) is 37.9 Å². The molecule has 3 N–H and O–H groups in total. The number of carbonyl (C=O) groups is 1.